The fourth-order valence-corrected chi connectivity index (χ4v) is 4.17. The number of hydrogen-bond acceptors (Lipinski definition) is 7. The first-order valence-corrected chi connectivity index (χ1v) is 11.0. The van der Waals surface area contributed by atoms with Crippen LogP contribution in [-0.4, -0.2) is 42.1 Å². The lowest BCUT2D eigenvalue weighted by Gasteiger charge is -2.37. The van der Waals surface area contributed by atoms with Crippen molar-refractivity contribution in [3.63, 3.8) is 0 Å². The van der Waals surface area contributed by atoms with Crippen LogP contribution in [0.1, 0.15) is 10.4 Å². The van der Waals surface area contributed by atoms with Crippen molar-refractivity contribution < 1.29 is 9.18 Å². The summed E-state index contributed by atoms with van der Waals surface area (Å²) in [6.07, 6.45) is 1.42. The molecule has 172 valence electrons. The minimum Gasteiger partial charge on any atom is -0.393 e. The van der Waals surface area contributed by atoms with Crippen molar-refractivity contribution in [2.24, 2.45) is 0 Å². The second-order valence-corrected chi connectivity index (χ2v) is 8.02. The number of nitrogens with two attached hydrogens (primary N) is 1. The van der Waals surface area contributed by atoms with Gasteiger partial charge in [-0.25, -0.2) is 14.4 Å². The fourth-order valence-electron chi connectivity index (χ4n) is 4.17. The molecule has 0 unspecified atom stereocenters. The van der Waals surface area contributed by atoms with Gasteiger partial charge in [-0.15, -0.1) is 0 Å². The third kappa shape index (κ3) is 4.27. The second kappa shape index (κ2) is 9.22. The summed E-state index contributed by atoms with van der Waals surface area (Å²) in [5.74, 6) is 0.406. The first-order valence-electron chi connectivity index (χ1n) is 11.0. The van der Waals surface area contributed by atoms with Crippen molar-refractivity contribution in [2.75, 3.05) is 47.1 Å². The number of nitrogens with zero attached hydrogens (tertiary/aromatic N) is 4. The van der Waals surface area contributed by atoms with E-state index in [1.807, 2.05) is 36.4 Å². The van der Waals surface area contributed by atoms with Crippen LogP contribution in [0.15, 0.2) is 73.1 Å². The molecular weight excluding hydrogens is 433 g/mol. The third-order valence-corrected chi connectivity index (χ3v) is 5.96. The van der Waals surface area contributed by atoms with Crippen LogP contribution in [0.5, 0.6) is 0 Å². The Balaban J connectivity index is 1.26. The van der Waals surface area contributed by atoms with Gasteiger partial charge >= 0.3 is 0 Å². The van der Waals surface area contributed by atoms with Gasteiger partial charge in [0.15, 0.2) is 11.6 Å². The number of nitrogen functional groups attached to an aromatic ring is 1. The van der Waals surface area contributed by atoms with E-state index in [-0.39, 0.29) is 11.7 Å². The number of carbonyl (C=O) groups excluding carboxylic acids is 1. The first kappa shape index (κ1) is 21.4. The lowest BCUT2D eigenvalue weighted by Crippen LogP contribution is -2.47. The molecule has 0 atom stereocenters. The second-order valence-electron chi connectivity index (χ2n) is 8.02. The highest BCUT2D eigenvalue weighted by atomic mass is 19.1. The normalized spacial score (nSPS) is 13.7. The van der Waals surface area contributed by atoms with Crippen molar-refractivity contribution in [1.29, 1.82) is 0 Å². The molecule has 8 nitrogen and oxygen atoms in total. The number of piperazine rings is 1. The molecule has 1 aliphatic heterocycles. The number of amides is 1. The molecule has 1 aromatic heterocycles. The highest BCUT2D eigenvalue weighted by Gasteiger charge is 2.22. The summed E-state index contributed by atoms with van der Waals surface area (Å²) in [7, 11) is 0. The van der Waals surface area contributed by atoms with Gasteiger partial charge in [0.1, 0.15) is 17.8 Å². The molecule has 0 spiro atoms. The zero-order chi connectivity index (χ0) is 23.5. The smallest absolute Gasteiger partial charge is 0.270 e. The molecule has 0 saturated carbocycles. The zero-order valence-corrected chi connectivity index (χ0v) is 18.4. The minimum atomic E-state index is -0.288. The highest BCUT2D eigenvalue weighted by Crippen LogP contribution is 2.28. The lowest BCUT2D eigenvalue weighted by atomic mass is 10.0. The molecule has 1 fully saturated rings. The largest absolute Gasteiger partial charge is 0.393 e. The number of rotatable bonds is 5. The van der Waals surface area contributed by atoms with E-state index in [1.54, 1.807) is 18.2 Å². The topological polar surface area (TPSA) is 99.4 Å². The van der Waals surface area contributed by atoms with Gasteiger partial charge in [-0.3, -0.25) is 15.6 Å². The number of carbonyl (C=O) groups is 1. The molecule has 1 saturated heterocycles. The van der Waals surface area contributed by atoms with Crippen LogP contribution in [0.2, 0.25) is 0 Å². The average Bonchev–Trinajstić information content (AvgIpc) is 2.88. The SMILES string of the molecule is Nc1c(NNC(=O)c2cccc3ccccc23)ncnc1N1CCN(c2ccc(F)cc2)CC1. The van der Waals surface area contributed by atoms with E-state index in [0.29, 0.717) is 36.0 Å². The fraction of sp³-hybridized carbons (Fsp3) is 0.160. The van der Waals surface area contributed by atoms with Crippen LogP contribution < -0.4 is 26.4 Å². The average molecular weight is 458 g/mol. The molecule has 4 N–H and O–H groups in total. The number of anilines is 4. The Bertz CT molecular complexity index is 1320. The van der Waals surface area contributed by atoms with Gasteiger partial charge in [0, 0.05) is 37.4 Å². The van der Waals surface area contributed by atoms with Gasteiger partial charge in [-0.2, -0.15) is 0 Å². The Labute approximate surface area is 196 Å². The maximum Gasteiger partial charge on any atom is 0.270 e. The lowest BCUT2D eigenvalue weighted by molar-refractivity contribution is 0.0964. The summed E-state index contributed by atoms with van der Waals surface area (Å²) < 4.78 is 13.2. The quantitative estimate of drug-likeness (QED) is 0.395. The summed E-state index contributed by atoms with van der Waals surface area (Å²) in [6.45, 7) is 2.88. The molecule has 0 radical (unpaired) electrons. The zero-order valence-electron chi connectivity index (χ0n) is 18.4. The first-order chi connectivity index (χ1) is 16.6. The number of fused-ring (bicyclic) bond motifs is 1. The van der Waals surface area contributed by atoms with Gasteiger partial charge in [-0.05, 0) is 41.1 Å². The van der Waals surface area contributed by atoms with Gasteiger partial charge in [0.05, 0.1) is 0 Å². The van der Waals surface area contributed by atoms with E-state index >= 15 is 0 Å². The van der Waals surface area contributed by atoms with Gasteiger partial charge in [0.2, 0.25) is 0 Å². The highest BCUT2D eigenvalue weighted by molar-refractivity contribution is 6.07. The van der Waals surface area contributed by atoms with Crippen LogP contribution in [0.25, 0.3) is 10.8 Å². The van der Waals surface area contributed by atoms with Gasteiger partial charge < -0.3 is 15.5 Å². The molecule has 1 aliphatic rings. The van der Waals surface area contributed by atoms with Crippen molar-refractivity contribution in [3.8, 4) is 0 Å². The van der Waals surface area contributed by atoms with E-state index in [4.69, 9.17) is 5.73 Å². The van der Waals surface area contributed by atoms with Crippen molar-refractivity contribution in [3.05, 3.63) is 84.4 Å². The maximum absolute atomic E-state index is 13.2. The van der Waals surface area contributed by atoms with E-state index < -0.39 is 0 Å². The molecule has 1 amide bonds. The number of aromatic nitrogens is 2. The predicted octanol–water partition coefficient (Wildman–Crippen LogP) is 3.43. The summed E-state index contributed by atoms with van der Waals surface area (Å²) in [6, 6.07) is 19.8. The van der Waals surface area contributed by atoms with Gasteiger partial charge in [-0.1, -0.05) is 36.4 Å². The van der Waals surface area contributed by atoms with Crippen LogP contribution in [0, 0.1) is 5.82 Å². The number of benzene rings is 3. The molecule has 9 heteroatoms. The summed E-state index contributed by atoms with van der Waals surface area (Å²) in [4.78, 5) is 25.7. The Morgan fingerprint density at radius 2 is 1.59 bits per heavy atom. The van der Waals surface area contributed by atoms with Crippen LogP contribution >= 0.6 is 0 Å². The number of hydrogen-bond donors (Lipinski definition) is 3. The molecule has 4 aromatic rings. The van der Waals surface area contributed by atoms with E-state index in [0.717, 1.165) is 29.5 Å². The van der Waals surface area contributed by atoms with Crippen LogP contribution in [0.3, 0.4) is 0 Å². The van der Waals surface area contributed by atoms with Crippen molar-refractivity contribution >= 4 is 39.7 Å². The predicted molar refractivity (Wildman–Crippen MR) is 132 cm³/mol. The Kier molecular flexibility index (Phi) is 5.82. The van der Waals surface area contributed by atoms with E-state index in [1.165, 1.54) is 18.5 Å². The molecule has 5 rings (SSSR count). The number of hydrazine groups is 1. The molecular formula is C25H24FN7O. The summed E-state index contributed by atoms with van der Waals surface area (Å²) >= 11 is 0. The number of nitrogens with one attached hydrogen (secondary N) is 2. The van der Waals surface area contributed by atoms with Crippen molar-refractivity contribution in [1.82, 2.24) is 15.4 Å². The molecule has 0 bridgehead atoms. The van der Waals surface area contributed by atoms with Crippen LogP contribution in [-0.2, 0) is 0 Å². The number of halogens is 1. The summed E-state index contributed by atoms with van der Waals surface area (Å²) in [5.41, 5.74) is 13.8. The van der Waals surface area contributed by atoms with Crippen LogP contribution in [0.4, 0.5) is 27.4 Å². The minimum absolute atomic E-state index is 0.247. The monoisotopic (exact) mass is 457 g/mol. The Morgan fingerprint density at radius 3 is 2.38 bits per heavy atom. The Hall–Kier alpha value is -4.40. The maximum atomic E-state index is 13.2. The third-order valence-electron chi connectivity index (χ3n) is 5.96. The molecule has 2 heterocycles. The van der Waals surface area contributed by atoms with Crippen molar-refractivity contribution in [2.45, 2.75) is 0 Å². The van der Waals surface area contributed by atoms with Gasteiger partial charge in [0.25, 0.3) is 5.91 Å². The molecule has 34 heavy (non-hydrogen) atoms. The Morgan fingerprint density at radius 1 is 0.882 bits per heavy atom. The standard InChI is InChI=1S/C25H24FN7O/c26-18-8-10-19(11-9-18)32-12-14-33(15-13-32)24-22(27)23(28-16-29-24)30-31-25(34)21-7-3-5-17-4-1-2-6-20(17)21/h1-11,16H,12-15,27H2,(H,31,34)(H,28,29,30). The summed E-state index contributed by atoms with van der Waals surface area (Å²) in [5, 5.41) is 1.85. The molecule has 3 aromatic carbocycles. The van der Waals surface area contributed by atoms with E-state index in [9.17, 15) is 9.18 Å². The molecule has 0 aliphatic carbocycles. The van der Waals surface area contributed by atoms with E-state index in [2.05, 4.69) is 30.6 Å².